The van der Waals surface area contributed by atoms with Gasteiger partial charge in [0.2, 0.25) is 11.8 Å². The second-order valence-corrected chi connectivity index (χ2v) is 15.8. The second-order valence-electron chi connectivity index (χ2n) is 15.8. The topological polar surface area (TPSA) is 135 Å². The molecule has 2 N–H and O–H groups in total. The molecule has 4 aliphatic rings. The summed E-state index contributed by atoms with van der Waals surface area (Å²) in [5.41, 5.74) is 3.76. The number of methoxy groups -OCH3 is 1. The summed E-state index contributed by atoms with van der Waals surface area (Å²) in [6.45, 7) is 3.52. The molecular weight excluding hydrogens is 616 g/mol. The van der Waals surface area contributed by atoms with Crippen molar-refractivity contribution in [3.05, 3.63) is 66.4 Å². The van der Waals surface area contributed by atoms with Crippen LogP contribution in [0.2, 0.25) is 0 Å². The summed E-state index contributed by atoms with van der Waals surface area (Å²) in [4.78, 5) is 23.0. The van der Waals surface area contributed by atoms with Gasteiger partial charge in [-0.3, -0.25) is 9.78 Å². The normalized spacial score (nSPS) is 28.1. The van der Waals surface area contributed by atoms with Gasteiger partial charge in [0.05, 0.1) is 53.5 Å². The number of nitrogens with zero attached hydrogens (tertiary/aromatic N) is 5. The van der Waals surface area contributed by atoms with Crippen molar-refractivity contribution >= 4 is 17.1 Å². The lowest BCUT2D eigenvalue weighted by atomic mass is 9.67. The van der Waals surface area contributed by atoms with E-state index >= 15 is 0 Å². The Morgan fingerprint density at radius 1 is 1.14 bits per heavy atom. The van der Waals surface area contributed by atoms with E-state index in [1.165, 1.54) is 25.7 Å². The van der Waals surface area contributed by atoms with Gasteiger partial charge in [0.1, 0.15) is 18.4 Å². The highest BCUT2D eigenvalue weighted by atomic mass is 16.5. The van der Waals surface area contributed by atoms with E-state index in [1.807, 2.05) is 18.3 Å². The highest BCUT2D eigenvalue weighted by Crippen LogP contribution is 2.77. The molecule has 4 aliphatic carbocycles. The molecule has 0 aromatic carbocycles. The van der Waals surface area contributed by atoms with Crippen LogP contribution >= 0.6 is 0 Å². The van der Waals surface area contributed by atoms with Gasteiger partial charge < -0.3 is 19.9 Å². The van der Waals surface area contributed by atoms with Crippen LogP contribution in [0.25, 0.3) is 16.6 Å². The van der Waals surface area contributed by atoms with E-state index in [9.17, 15) is 15.2 Å². The van der Waals surface area contributed by atoms with Crippen molar-refractivity contribution in [2.45, 2.75) is 77.2 Å². The minimum Gasteiger partial charge on any atom is -0.489 e. The Hall–Kier alpha value is -4.49. The van der Waals surface area contributed by atoms with Gasteiger partial charge in [0.25, 0.3) is 0 Å². The molecule has 4 aromatic rings. The molecule has 10 nitrogen and oxygen atoms in total. The average molecular weight is 661 g/mol. The van der Waals surface area contributed by atoms with Crippen molar-refractivity contribution in [2.24, 2.45) is 34.5 Å². The fourth-order valence-corrected chi connectivity index (χ4v) is 10.4. The summed E-state index contributed by atoms with van der Waals surface area (Å²) in [6.07, 6.45) is 17.0. The van der Waals surface area contributed by atoms with Crippen LogP contribution in [0.4, 0.5) is 5.69 Å². The molecule has 4 fully saturated rings. The van der Waals surface area contributed by atoms with Gasteiger partial charge in [-0.1, -0.05) is 6.07 Å². The van der Waals surface area contributed by atoms with E-state index < -0.39 is 5.60 Å². The molecule has 0 radical (unpaired) electrons. The van der Waals surface area contributed by atoms with Gasteiger partial charge >= 0.3 is 0 Å². The molecule has 0 aliphatic heterocycles. The van der Waals surface area contributed by atoms with Gasteiger partial charge in [-0.15, -0.1) is 0 Å². The number of carbonyl (C=O) groups excluding carboxylic acids is 1. The fourth-order valence-electron chi connectivity index (χ4n) is 10.4. The van der Waals surface area contributed by atoms with Crippen LogP contribution in [0.5, 0.6) is 11.6 Å². The number of hydrogen-bond acceptors (Lipinski definition) is 8. The molecule has 10 heteroatoms. The number of nitrogens with one attached hydrogen (secondary N) is 1. The summed E-state index contributed by atoms with van der Waals surface area (Å²) in [7, 11) is 1.60. The summed E-state index contributed by atoms with van der Waals surface area (Å²) in [6, 6.07) is 12.0. The van der Waals surface area contributed by atoms with Gasteiger partial charge in [0, 0.05) is 29.1 Å². The van der Waals surface area contributed by atoms with Gasteiger partial charge in [0.15, 0.2) is 0 Å². The summed E-state index contributed by atoms with van der Waals surface area (Å²) in [5.74, 6) is 4.00. The minimum atomic E-state index is -0.984. The Kier molecular flexibility index (Phi) is 7.67. The van der Waals surface area contributed by atoms with Gasteiger partial charge in [-0.2, -0.15) is 10.4 Å². The number of aliphatic hydroxyl groups is 1. The number of aromatic nitrogens is 4. The first kappa shape index (κ1) is 31.8. The van der Waals surface area contributed by atoms with E-state index in [0.717, 1.165) is 60.5 Å². The lowest BCUT2D eigenvalue weighted by molar-refractivity contribution is -0.127. The van der Waals surface area contributed by atoms with Crippen molar-refractivity contribution in [3.63, 3.8) is 0 Å². The number of rotatable bonds is 11. The Bertz CT molecular complexity index is 1930. The van der Waals surface area contributed by atoms with Crippen LogP contribution in [0.3, 0.4) is 0 Å². The fraction of sp³-hybridized carbons (Fsp3) is 0.513. The summed E-state index contributed by atoms with van der Waals surface area (Å²) in [5, 5.41) is 27.5. The molecule has 6 unspecified atom stereocenters. The van der Waals surface area contributed by atoms with Crippen molar-refractivity contribution in [1.82, 2.24) is 19.6 Å². The number of ether oxygens (including phenoxy) is 2. The number of fused-ring (bicyclic) bond motifs is 3. The second kappa shape index (κ2) is 11.8. The maximum absolute atomic E-state index is 13.9. The third-order valence-corrected chi connectivity index (χ3v) is 12.1. The summed E-state index contributed by atoms with van der Waals surface area (Å²) < 4.78 is 12.7. The van der Waals surface area contributed by atoms with Crippen molar-refractivity contribution in [3.8, 4) is 28.8 Å². The number of pyridine rings is 3. The van der Waals surface area contributed by atoms with E-state index in [0.29, 0.717) is 45.9 Å². The zero-order valence-corrected chi connectivity index (χ0v) is 28.5. The number of carbonyl (C=O) groups is 1. The molecule has 8 rings (SSSR count). The Labute approximate surface area is 286 Å². The number of hydrogen-bond donors (Lipinski definition) is 2. The number of amides is 1. The monoisotopic (exact) mass is 660 g/mol. The van der Waals surface area contributed by atoms with E-state index in [1.54, 1.807) is 50.1 Å². The third-order valence-electron chi connectivity index (χ3n) is 12.1. The molecule has 49 heavy (non-hydrogen) atoms. The molecule has 4 aromatic heterocycles. The first-order valence-corrected chi connectivity index (χ1v) is 17.6. The van der Waals surface area contributed by atoms with Crippen molar-refractivity contribution < 1.29 is 19.4 Å². The Morgan fingerprint density at radius 2 is 2.02 bits per heavy atom. The lowest BCUT2D eigenvalue weighted by Crippen LogP contribution is -2.39. The number of anilines is 1. The maximum atomic E-state index is 13.9. The zero-order valence-electron chi connectivity index (χ0n) is 28.5. The van der Waals surface area contributed by atoms with E-state index in [2.05, 4.69) is 33.6 Å². The van der Waals surface area contributed by atoms with Crippen LogP contribution in [0.15, 0.2) is 55.1 Å². The molecule has 0 saturated heterocycles. The SMILES string of the molecule is COc1ccc(NC(=O)C23CC4CC5CC(CCCc6ccc(-c7cc(OCC(C)(C)O)cn8ncc(C#N)c78)cn6)C(C2)C5(C4)C3)cn1. The quantitative estimate of drug-likeness (QED) is 0.183. The molecule has 6 atom stereocenters. The van der Waals surface area contributed by atoms with E-state index in [4.69, 9.17) is 14.5 Å². The van der Waals surface area contributed by atoms with Gasteiger partial charge in [-0.25, -0.2) is 9.50 Å². The maximum Gasteiger partial charge on any atom is 0.230 e. The van der Waals surface area contributed by atoms with Crippen LogP contribution in [0.1, 0.15) is 76.5 Å². The number of nitriles is 1. The standard InChI is InChI=1S/C39H44N6O4/c1-37(2,47)23-49-31-13-32(35-27(17-40)19-43-45(35)21-31)26-7-8-29(41-18-26)6-4-5-25-12-28-11-24-14-38(16-33(25)39(28,15-24)22-38)36(46)44-30-9-10-34(48-3)42-20-30/h7-10,13,18-21,24-25,28,33,47H,4-6,11-12,14-16,22-23H2,1-3H3,(H,44,46). The van der Waals surface area contributed by atoms with Crippen LogP contribution in [0, 0.1) is 45.8 Å². The van der Waals surface area contributed by atoms with Crippen molar-refractivity contribution in [2.75, 3.05) is 19.0 Å². The predicted octanol–water partition coefficient (Wildman–Crippen LogP) is 6.62. The lowest BCUT2D eigenvalue weighted by Gasteiger charge is -2.38. The Morgan fingerprint density at radius 3 is 2.76 bits per heavy atom. The first-order valence-electron chi connectivity index (χ1n) is 17.6. The molecule has 4 heterocycles. The predicted molar refractivity (Wildman–Crippen MR) is 184 cm³/mol. The number of aryl methyl sites for hydroxylation is 1. The zero-order chi connectivity index (χ0) is 34.0. The van der Waals surface area contributed by atoms with E-state index in [-0.39, 0.29) is 17.9 Å². The van der Waals surface area contributed by atoms with Crippen LogP contribution in [-0.4, -0.2) is 49.9 Å². The van der Waals surface area contributed by atoms with Crippen LogP contribution < -0.4 is 14.8 Å². The highest BCUT2D eigenvalue weighted by Gasteiger charge is 2.71. The molecule has 4 saturated carbocycles. The van der Waals surface area contributed by atoms with Crippen molar-refractivity contribution in [1.29, 1.82) is 5.26 Å². The Balaban J connectivity index is 0.939. The minimum absolute atomic E-state index is 0.126. The summed E-state index contributed by atoms with van der Waals surface area (Å²) >= 11 is 0. The molecule has 1 spiro atoms. The molecular formula is C39H44N6O4. The molecule has 1 amide bonds. The van der Waals surface area contributed by atoms with Gasteiger partial charge in [-0.05, 0) is 119 Å². The average Bonchev–Trinajstić information content (AvgIpc) is 3.78. The highest BCUT2D eigenvalue weighted by molar-refractivity contribution is 5.96. The van der Waals surface area contributed by atoms with Crippen LogP contribution in [-0.2, 0) is 11.2 Å². The molecule has 254 valence electrons. The largest absolute Gasteiger partial charge is 0.489 e. The molecule has 3 bridgehead atoms. The first-order chi connectivity index (χ1) is 23.6. The smallest absolute Gasteiger partial charge is 0.230 e. The third kappa shape index (κ3) is 5.62.